The van der Waals surface area contributed by atoms with E-state index in [-0.39, 0.29) is 6.04 Å². The molecular weight excluding hydrogens is 263 g/mol. The van der Waals surface area contributed by atoms with Crippen LogP contribution in [0.4, 0.5) is 0 Å². The highest BCUT2D eigenvalue weighted by Crippen LogP contribution is 2.14. The summed E-state index contributed by atoms with van der Waals surface area (Å²) < 4.78 is 1.25. The van der Waals surface area contributed by atoms with E-state index in [2.05, 4.69) is 52.2 Å². The Labute approximate surface area is 86.7 Å². The third-order valence-corrected chi connectivity index (χ3v) is 2.51. The molecule has 12 heavy (non-hydrogen) atoms. The maximum Gasteiger partial charge on any atom is 0.0442 e. The van der Waals surface area contributed by atoms with Crippen LogP contribution >= 0.6 is 22.6 Å². The summed E-state index contributed by atoms with van der Waals surface area (Å²) in [6.45, 7) is 0.636. The Morgan fingerprint density at radius 2 is 2.33 bits per heavy atom. The van der Waals surface area contributed by atoms with E-state index in [9.17, 15) is 0 Å². The topological polar surface area (TPSA) is 38.0 Å². The molecule has 0 aliphatic rings. The SMILES string of the molecule is CNC(CN)c1cccc(I)c1. The molecule has 1 aromatic carbocycles. The van der Waals surface area contributed by atoms with E-state index in [1.165, 1.54) is 9.13 Å². The van der Waals surface area contributed by atoms with Gasteiger partial charge in [0.2, 0.25) is 0 Å². The molecular formula is C9H13IN2. The van der Waals surface area contributed by atoms with Gasteiger partial charge in [-0.2, -0.15) is 0 Å². The fourth-order valence-corrected chi connectivity index (χ4v) is 1.71. The zero-order valence-electron chi connectivity index (χ0n) is 7.05. The molecule has 0 radical (unpaired) electrons. The molecule has 1 aromatic rings. The molecule has 0 heterocycles. The van der Waals surface area contributed by atoms with Crippen molar-refractivity contribution in [3.63, 3.8) is 0 Å². The molecule has 3 heteroatoms. The van der Waals surface area contributed by atoms with E-state index in [1.807, 2.05) is 7.05 Å². The first-order chi connectivity index (χ1) is 5.77. The first kappa shape index (κ1) is 9.95. The average molecular weight is 276 g/mol. The number of nitrogens with two attached hydrogens (primary N) is 1. The lowest BCUT2D eigenvalue weighted by Crippen LogP contribution is -2.24. The largest absolute Gasteiger partial charge is 0.329 e. The second-order valence-corrected chi connectivity index (χ2v) is 3.88. The van der Waals surface area contributed by atoms with Crippen LogP contribution < -0.4 is 11.1 Å². The first-order valence-electron chi connectivity index (χ1n) is 3.90. The molecule has 2 nitrogen and oxygen atoms in total. The molecule has 0 amide bonds. The summed E-state index contributed by atoms with van der Waals surface area (Å²) in [5, 5.41) is 3.17. The van der Waals surface area contributed by atoms with Crippen molar-refractivity contribution in [3.8, 4) is 0 Å². The molecule has 0 aromatic heterocycles. The number of likely N-dealkylation sites (N-methyl/N-ethyl adjacent to an activating group) is 1. The Bertz CT molecular complexity index is 246. The fraction of sp³-hybridized carbons (Fsp3) is 0.333. The van der Waals surface area contributed by atoms with Crippen molar-refractivity contribution in [2.24, 2.45) is 5.73 Å². The molecule has 0 fully saturated rings. The van der Waals surface area contributed by atoms with Gasteiger partial charge in [0.05, 0.1) is 0 Å². The molecule has 0 spiro atoms. The maximum absolute atomic E-state index is 5.60. The molecule has 0 saturated heterocycles. The molecule has 3 N–H and O–H groups in total. The van der Waals surface area contributed by atoms with E-state index in [4.69, 9.17) is 5.73 Å². The van der Waals surface area contributed by atoms with Gasteiger partial charge >= 0.3 is 0 Å². The van der Waals surface area contributed by atoms with Gasteiger partial charge in [-0.3, -0.25) is 0 Å². The summed E-state index contributed by atoms with van der Waals surface area (Å²) in [5.41, 5.74) is 6.86. The first-order valence-corrected chi connectivity index (χ1v) is 4.98. The summed E-state index contributed by atoms with van der Waals surface area (Å²) in [5.74, 6) is 0. The zero-order chi connectivity index (χ0) is 8.97. The molecule has 1 rings (SSSR count). The summed E-state index contributed by atoms with van der Waals surface area (Å²) in [6, 6.07) is 8.65. The van der Waals surface area contributed by atoms with Gasteiger partial charge in [-0.25, -0.2) is 0 Å². The predicted octanol–water partition coefficient (Wildman–Crippen LogP) is 1.51. The molecule has 0 aliphatic carbocycles. The van der Waals surface area contributed by atoms with Gasteiger partial charge in [0, 0.05) is 16.2 Å². The Kier molecular flexibility index (Phi) is 3.97. The number of rotatable bonds is 3. The van der Waals surface area contributed by atoms with E-state index in [0.29, 0.717) is 6.54 Å². The van der Waals surface area contributed by atoms with Crippen molar-refractivity contribution in [1.82, 2.24) is 5.32 Å². The third kappa shape index (κ3) is 2.43. The van der Waals surface area contributed by atoms with Gasteiger partial charge in [0.1, 0.15) is 0 Å². The van der Waals surface area contributed by atoms with E-state index in [1.54, 1.807) is 0 Å². The minimum absolute atomic E-state index is 0.278. The van der Waals surface area contributed by atoms with Crippen molar-refractivity contribution in [2.75, 3.05) is 13.6 Å². The maximum atomic E-state index is 5.60. The standard InChI is InChI=1S/C9H13IN2/c1-12-9(6-11)7-3-2-4-8(10)5-7/h2-5,9,12H,6,11H2,1H3. The lowest BCUT2D eigenvalue weighted by Gasteiger charge is -2.13. The van der Waals surface area contributed by atoms with Crippen molar-refractivity contribution >= 4 is 22.6 Å². The monoisotopic (exact) mass is 276 g/mol. The minimum atomic E-state index is 0.278. The van der Waals surface area contributed by atoms with Gasteiger partial charge in [-0.05, 0) is 47.3 Å². The van der Waals surface area contributed by atoms with Crippen LogP contribution in [-0.2, 0) is 0 Å². The normalized spacial score (nSPS) is 12.9. The van der Waals surface area contributed by atoms with Gasteiger partial charge < -0.3 is 11.1 Å². The van der Waals surface area contributed by atoms with E-state index < -0.39 is 0 Å². The van der Waals surface area contributed by atoms with Crippen LogP contribution in [0.25, 0.3) is 0 Å². The number of nitrogens with one attached hydrogen (secondary N) is 1. The van der Waals surface area contributed by atoms with Gasteiger partial charge in [-0.15, -0.1) is 0 Å². The number of hydrogen-bond donors (Lipinski definition) is 2. The molecule has 0 saturated carbocycles. The van der Waals surface area contributed by atoms with Crippen molar-refractivity contribution in [1.29, 1.82) is 0 Å². The van der Waals surface area contributed by atoms with Crippen LogP contribution in [0.1, 0.15) is 11.6 Å². The van der Waals surface area contributed by atoms with Crippen LogP contribution in [0, 0.1) is 3.57 Å². The molecule has 0 aliphatic heterocycles. The van der Waals surface area contributed by atoms with Crippen LogP contribution in [0.5, 0.6) is 0 Å². The molecule has 0 bridgehead atoms. The number of halogens is 1. The zero-order valence-corrected chi connectivity index (χ0v) is 9.21. The highest BCUT2D eigenvalue weighted by atomic mass is 127. The second-order valence-electron chi connectivity index (χ2n) is 2.63. The van der Waals surface area contributed by atoms with Gasteiger partial charge in [0.25, 0.3) is 0 Å². The van der Waals surface area contributed by atoms with E-state index in [0.717, 1.165) is 0 Å². The lowest BCUT2D eigenvalue weighted by atomic mass is 10.1. The van der Waals surface area contributed by atoms with Crippen LogP contribution in [0.3, 0.4) is 0 Å². The summed E-state index contributed by atoms with van der Waals surface area (Å²) in [6.07, 6.45) is 0. The Balaban J connectivity index is 2.85. The smallest absolute Gasteiger partial charge is 0.0442 e. The van der Waals surface area contributed by atoms with Crippen molar-refractivity contribution < 1.29 is 0 Å². The van der Waals surface area contributed by atoms with Gasteiger partial charge in [-0.1, -0.05) is 12.1 Å². The minimum Gasteiger partial charge on any atom is -0.329 e. The number of hydrogen-bond acceptors (Lipinski definition) is 2. The fourth-order valence-electron chi connectivity index (χ4n) is 1.14. The Hall–Kier alpha value is -0.130. The summed E-state index contributed by atoms with van der Waals surface area (Å²) in [4.78, 5) is 0. The van der Waals surface area contributed by atoms with E-state index >= 15 is 0 Å². The van der Waals surface area contributed by atoms with Gasteiger partial charge in [0.15, 0.2) is 0 Å². The lowest BCUT2D eigenvalue weighted by molar-refractivity contribution is 0.605. The Morgan fingerprint density at radius 1 is 1.58 bits per heavy atom. The van der Waals surface area contributed by atoms with Crippen LogP contribution in [0.15, 0.2) is 24.3 Å². The number of benzene rings is 1. The molecule has 1 atom stereocenters. The third-order valence-electron chi connectivity index (χ3n) is 1.84. The summed E-state index contributed by atoms with van der Waals surface area (Å²) in [7, 11) is 1.93. The van der Waals surface area contributed by atoms with Crippen LogP contribution in [0.2, 0.25) is 0 Å². The highest BCUT2D eigenvalue weighted by molar-refractivity contribution is 14.1. The quantitative estimate of drug-likeness (QED) is 0.821. The highest BCUT2D eigenvalue weighted by Gasteiger charge is 2.05. The average Bonchev–Trinajstić information content (AvgIpc) is 2.07. The van der Waals surface area contributed by atoms with Crippen molar-refractivity contribution in [2.45, 2.75) is 6.04 Å². The van der Waals surface area contributed by atoms with Crippen LogP contribution in [-0.4, -0.2) is 13.6 Å². The second kappa shape index (κ2) is 4.79. The molecule has 66 valence electrons. The van der Waals surface area contributed by atoms with Crippen molar-refractivity contribution in [3.05, 3.63) is 33.4 Å². The predicted molar refractivity (Wildman–Crippen MR) is 60.0 cm³/mol. The summed E-state index contributed by atoms with van der Waals surface area (Å²) >= 11 is 2.30. The molecule has 1 unspecified atom stereocenters. The Morgan fingerprint density at radius 3 is 2.83 bits per heavy atom.